The van der Waals surface area contributed by atoms with Crippen LogP contribution in [0.25, 0.3) is 0 Å². The maximum Gasteiger partial charge on any atom is 0.169 e. The zero-order valence-electron chi connectivity index (χ0n) is 18.2. The van der Waals surface area contributed by atoms with Gasteiger partial charge in [0.15, 0.2) is 17.2 Å². The molecular weight excluding hydrogens is 402 g/mol. The maximum absolute atomic E-state index is 10.5. The minimum atomic E-state index is 0.0924. The van der Waals surface area contributed by atoms with Crippen LogP contribution in [0.5, 0.6) is 28.7 Å². The van der Waals surface area contributed by atoms with E-state index in [0.717, 1.165) is 33.8 Å². The zero-order chi connectivity index (χ0) is 22.8. The molecule has 32 heavy (non-hydrogen) atoms. The highest BCUT2D eigenvalue weighted by Crippen LogP contribution is 2.44. The van der Waals surface area contributed by atoms with Gasteiger partial charge in [-0.3, -0.25) is 0 Å². The lowest BCUT2D eigenvalue weighted by Crippen LogP contribution is -2.11. The van der Waals surface area contributed by atoms with Gasteiger partial charge >= 0.3 is 0 Å². The summed E-state index contributed by atoms with van der Waals surface area (Å²) in [6.07, 6.45) is 0. The third-order valence-corrected chi connectivity index (χ3v) is 5.40. The van der Waals surface area contributed by atoms with E-state index in [1.54, 1.807) is 18.2 Å². The molecule has 5 nitrogen and oxygen atoms in total. The fraction of sp³-hybridized carbons (Fsp3) is 0.111. The molecule has 4 aromatic carbocycles. The molecule has 0 radical (unpaired) electrons. The van der Waals surface area contributed by atoms with Crippen LogP contribution in [0, 0.1) is 20.8 Å². The van der Waals surface area contributed by atoms with Crippen LogP contribution in [0.15, 0.2) is 78.9 Å². The molecule has 0 fully saturated rings. The van der Waals surface area contributed by atoms with E-state index in [2.05, 4.69) is 0 Å². The van der Waals surface area contributed by atoms with Crippen molar-refractivity contribution in [2.45, 2.75) is 20.8 Å². The fourth-order valence-electron chi connectivity index (χ4n) is 3.55. The van der Waals surface area contributed by atoms with Crippen molar-refractivity contribution in [3.8, 4) is 28.7 Å². The Morgan fingerprint density at radius 3 is 1.75 bits per heavy atom. The highest BCUT2D eigenvalue weighted by molar-refractivity contribution is 5.81. The number of hydrogen-bond donors (Lipinski definition) is 3. The molecule has 0 atom stereocenters. The van der Waals surface area contributed by atoms with Crippen LogP contribution in [0.4, 0.5) is 17.1 Å². The summed E-state index contributed by atoms with van der Waals surface area (Å²) >= 11 is 0. The molecule has 0 unspecified atom stereocenters. The topological polar surface area (TPSA) is 73.2 Å². The number of benzene rings is 4. The number of ether oxygens (including phenoxy) is 1. The van der Waals surface area contributed by atoms with E-state index in [-0.39, 0.29) is 17.2 Å². The van der Waals surface area contributed by atoms with Crippen LogP contribution in [0.3, 0.4) is 0 Å². The Hall–Kier alpha value is -4.12. The number of anilines is 3. The summed E-state index contributed by atoms with van der Waals surface area (Å²) < 4.78 is 6.16. The summed E-state index contributed by atoms with van der Waals surface area (Å²) in [5.74, 6) is 1.43. The van der Waals surface area contributed by atoms with Gasteiger partial charge in [0.25, 0.3) is 0 Å². The summed E-state index contributed by atoms with van der Waals surface area (Å²) in [5, 5.41) is 30.6. The Morgan fingerprint density at radius 2 is 1.16 bits per heavy atom. The normalized spacial score (nSPS) is 10.7. The monoisotopic (exact) mass is 427 g/mol. The smallest absolute Gasteiger partial charge is 0.169 e. The van der Waals surface area contributed by atoms with Crippen molar-refractivity contribution in [1.82, 2.24) is 0 Å². The van der Waals surface area contributed by atoms with E-state index in [9.17, 15) is 15.3 Å². The van der Waals surface area contributed by atoms with Gasteiger partial charge in [-0.25, -0.2) is 0 Å². The second-order valence-corrected chi connectivity index (χ2v) is 7.77. The van der Waals surface area contributed by atoms with Crippen molar-refractivity contribution in [3.63, 3.8) is 0 Å². The SMILES string of the molecule is Cc1cc(N(c2ccc(O)c(C)c2)c2ccccc2Oc2cccc(C)c2O)ccc1O. The lowest BCUT2D eigenvalue weighted by atomic mass is 10.1. The van der Waals surface area contributed by atoms with Crippen LogP contribution in [-0.4, -0.2) is 15.3 Å². The van der Waals surface area contributed by atoms with Gasteiger partial charge in [-0.15, -0.1) is 0 Å². The van der Waals surface area contributed by atoms with Crippen molar-refractivity contribution in [2.75, 3.05) is 4.90 Å². The Kier molecular flexibility index (Phi) is 5.65. The van der Waals surface area contributed by atoms with Crippen molar-refractivity contribution in [1.29, 1.82) is 0 Å². The predicted octanol–water partition coefficient (Wildman–Crippen LogP) is 6.99. The first kappa shape index (κ1) is 21.1. The van der Waals surface area contributed by atoms with Crippen molar-refractivity contribution >= 4 is 17.1 Å². The lowest BCUT2D eigenvalue weighted by Gasteiger charge is -2.28. The third-order valence-electron chi connectivity index (χ3n) is 5.40. The van der Waals surface area contributed by atoms with Crippen LogP contribution >= 0.6 is 0 Å². The number of nitrogens with zero attached hydrogens (tertiary/aromatic N) is 1. The van der Waals surface area contributed by atoms with Gasteiger partial charge in [0, 0.05) is 11.4 Å². The number of phenols is 3. The first-order chi connectivity index (χ1) is 15.3. The Labute approximate surface area is 187 Å². The Morgan fingerprint density at radius 1 is 0.594 bits per heavy atom. The minimum absolute atomic E-state index is 0.0924. The number of hydrogen-bond acceptors (Lipinski definition) is 5. The highest BCUT2D eigenvalue weighted by atomic mass is 16.5. The van der Waals surface area contributed by atoms with Crippen molar-refractivity contribution in [2.24, 2.45) is 0 Å². The summed E-state index contributed by atoms with van der Waals surface area (Å²) in [6, 6.07) is 23.6. The average Bonchev–Trinajstić information content (AvgIpc) is 2.77. The molecule has 0 heterocycles. The predicted molar refractivity (Wildman–Crippen MR) is 127 cm³/mol. The summed E-state index contributed by atoms with van der Waals surface area (Å²) in [4.78, 5) is 1.99. The van der Waals surface area contributed by atoms with Gasteiger partial charge in [-0.05, 0) is 92.1 Å². The van der Waals surface area contributed by atoms with Crippen LogP contribution in [-0.2, 0) is 0 Å². The van der Waals surface area contributed by atoms with Crippen molar-refractivity contribution in [3.05, 3.63) is 95.6 Å². The number of rotatable bonds is 5. The van der Waals surface area contributed by atoms with E-state index < -0.39 is 0 Å². The molecule has 3 N–H and O–H groups in total. The summed E-state index contributed by atoms with van der Waals surface area (Å²) in [5.41, 5.74) is 4.56. The second-order valence-electron chi connectivity index (χ2n) is 7.77. The molecule has 0 spiro atoms. The Bertz CT molecular complexity index is 1230. The molecule has 0 aliphatic rings. The van der Waals surface area contributed by atoms with Crippen LogP contribution < -0.4 is 9.64 Å². The minimum Gasteiger partial charge on any atom is -0.508 e. The molecule has 0 aliphatic heterocycles. The van der Waals surface area contributed by atoms with E-state index in [1.165, 1.54) is 0 Å². The van der Waals surface area contributed by atoms with Crippen LogP contribution in [0.2, 0.25) is 0 Å². The first-order valence-corrected chi connectivity index (χ1v) is 10.3. The fourth-order valence-corrected chi connectivity index (χ4v) is 3.55. The molecule has 4 aromatic rings. The highest BCUT2D eigenvalue weighted by Gasteiger charge is 2.19. The van der Waals surface area contributed by atoms with Gasteiger partial charge in [0.1, 0.15) is 11.5 Å². The third kappa shape index (κ3) is 4.05. The largest absolute Gasteiger partial charge is 0.508 e. The molecule has 4 rings (SSSR count). The summed E-state index contributed by atoms with van der Waals surface area (Å²) in [6.45, 7) is 5.50. The molecule has 0 saturated carbocycles. The number of aromatic hydroxyl groups is 3. The van der Waals surface area contributed by atoms with E-state index in [4.69, 9.17) is 4.74 Å². The number of phenolic OH excluding ortho intramolecular Hbond substituents is 3. The second kappa shape index (κ2) is 8.55. The molecule has 162 valence electrons. The molecule has 5 heteroatoms. The molecule has 0 aliphatic carbocycles. The van der Waals surface area contributed by atoms with Crippen molar-refractivity contribution < 1.29 is 20.1 Å². The van der Waals surface area contributed by atoms with E-state index in [1.807, 2.05) is 86.3 Å². The molecule has 0 aromatic heterocycles. The van der Waals surface area contributed by atoms with E-state index >= 15 is 0 Å². The molecule has 0 saturated heterocycles. The van der Waals surface area contributed by atoms with Crippen LogP contribution in [0.1, 0.15) is 16.7 Å². The van der Waals surface area contributed by atoms with Gasteiger partial charge in [0.05, 0.1) is 5.69 Å². The zero-order valence-corrected chi connectivity index (χ0v) is 18.2. The van der Waals surface area contributed by atoms with Gasteiger partial charge in [0.2, 0.25) is 0 Å². The van der Waals surface area contributed by atoms with E-state index in [0.29, 0.717) is 11.5 Å². The van der Waals surface area contributed by atoms with Gasteiger partial charge < -0.3 is 25.0 Å². The number of para-hydroxylation sites is 3. The van der Waals surface area contributed by atoms with Gasteiger partial charge in [-0.1, -0.05) is 24.3 Å². The Balaban J connectivity index is 1.89. The maximum atomic E-state index is 10.5. The lowest BCUT2D eigenvalue weighted by molar-refractivity contribution is 0.409. The summed E-state index contributed by atoms with van der Waals surface area (Å²) in [7, 11) is 0. The quantitative estimate of drug-likeness (QED) is 0.320. The molecule has 0 amide bonds. The average molecular weight is 428 g/mol. The molecular formula is C27H25NO4. The standard InChI is InChI=1S/C27H25NO4/c1-17-7-6-10-26(27(17)31)32-25-9-5-4-8-22(25)28(20-11-13-23(29)18(2)15-20)21-12-14-24(30)19(3)16-21/h4-16,29-31H,1-3H3. The molecule has 0 bridgehead atoms. The first-order valence-electron chi connectivity index (χ1n) is 10.3. The van der Waals surface area contributed by atoms with Gasteiger partial charge in [-0.2, -0.15) is 0 Å². The number of aryl methyl sites for hydroxylation is 3.